The molecule has 1 aliphatic carbocycles. The van der Waals surface area contributed by atoms with Crippen LogP contribution < -0.4 is 5.32 Å². The first-order valence-corrected chi connectivity index (χ1v) is 11.2. The second-order valence-corrected chi connectivity index (χ2v) is 9.03. The highest BCUT2D eigenvalue weighted by atomic mass is 35.5. The maximum absolute atomic E-state index is 13.3. The molecule has 0 bridgehead atoms. The summed E-state index contributed by atoms with van der Waals surface area (Å²) < 4.78 is 0. The van der Waals surface area contributed by atoms with Crippen LogP contribution in [0.4, 0.5) is 5.13 Å². The molecule has 0 fully saturated rings. The van der Waals surface area contributed by atoms with Crippen LogP contribution in [0.3, 0.4) is 0 Å². The van der Waals surface area contributed by atoms with Crippen LogP contribution in [0.2, 0.25) is 5.02 Å². The molecule has 2 aromatic heterocycles. The van der Waals surface area contributed by atoms with E-state index in [0.717, 1.165) is 46.3 Å². The number of pyridine rings is 1. The lowest BCUT2D eigenvalue weighted by Gasteiger charge is -2.12. The maximum atomic E-state index is 13.3. The molecule has 0 spiro atoms. The normalized spacial score (nSPS) is 13.3. The summed E-state index contributed by atoms with van der Waals surface area (Å²) in [6, 6.07) is 15.4. The number of carbonyl (C=O) groups excluding carboxylic acids is 1. The third-order valence-corrected chi connectivity index (χ3v) is 7.03. The van der Waals surface area contributed by atoms with E-state index in [0.29, 0.717) is 15.7 Å². The second-order valence-electron chi connectivity index (χ2n) is 7.54. The highest BCUT2D eigenvalue weighted by Crippen LogP contribution is 2.32. The van der Waals surface area contributed by atoms with Gasteiger partial charge in [0.1, 0.15) is 0 Å². The first kappa shape index (κ1) is 19.2. The molecule has 6 heteroatoms. The standard InChI is InChI=1S/C24H20ClN3OS/c1-14-18(25)12-11-16-17(13-20(26-22(14)16)15-7-3-2-4-8-15)23(29)28-24-27-19-9-5-6-10-21(19)30-24/h2-4,7-8,11-13H,5-6,9-10H2,1H3,(H,27,28,29). The Morgan fingerprint density at radius 3 is 2.67 bits per heavy atom. The van der Waals surface area contributed by atoms with Crippen LogP contribution in [0, 0.1) is 6.92 Å². The third kappa shape index (κ3) is 3.48. The Hall–Kier alpha value is -2.76. The van der Waals surface area contributed by atoms with Gasteiger partial charge in [-0.2, -0.15) is 0 Å². The molecular weight excluding hydrogens is 414 g/mol. The third-order valence-electron chi connectivity index (χ3n) is 5.55. The van der Waals surface area contributed by atoms with E-state index in [-0.39, 0.29) is 5.91 Å². The molecule has 0 unspecified atom stereocenters. The lowest BCUT2D eigenvalue weighted by Crippen LogP contribution is -2.13. The molecule has 1 amide bonds. The fourth-order valence-electron chi connectivity index (χ4n) is 3.92. The topological polar surface area (TPSA) is 54.9 Å². The molecule has 5 rings (SSSR count). The van der Waals surface area contributed by atoms with E-state index in [9.17, 15) is 4.79 Å². The monoisotopic (exact) mass is 433 g/mol. The summed E-state index contributed by atoms with van der Waals surface area (Å²) in [4.78, 5) is 24.1. The van der Waals surface area contributed by atoms with Crippen molar-refractivity contribution < 1.29 is 4.79 Å². The van der Waals surface area contributed by atoms with E-state index in [1.54, 1.807) is 11.3 Å². The molecule has 0 radical (unpaired) electrons. The summed E-state index contributed by atoms with van der Waals surface area (Å²) in [6.07, 6.45) is 4.41. The molecule has 2 heterocycles. The minimum Gasteiger partial charge on any atom is -0.298 e. The number of halogens is 1. The first-order chi connectivity index (χ1) is 14.6. The predicted octanol–water partition coefficient (Wildman–Crippen LogP) is 6.45. The Balaban J connectivity index is 1.60. The number of anilines is 1. The molecule has 2 aromatic carbocycles. The average Bonchev–Trinajstić information content (AvgIpc) is 3.18. The fourth-order valence-corrected chi connectivity index (χ4v) is 5.12. The number of thiazole rings is 1. The summed E-state index contributed by atoms with van der Waals surface area (Å²) in [5.74, 6) is -0.174. The van der Waals surface area contributed by atoms with Crippen molar-refractivity contribution >= 4 is 44.9 Å². The molecule has 150 valence electrons. The van der Waals surface area contributed by atoms with Crippen LogP contribution in [0.15, 0.2) is 48.5 Å². The number of aryl methyl sites for hydroxylation is 3. The smallest absolute Gasteiger partial charge is 0.258 e. The summed E-state index contributed by atoms with van der Waals surface area (Å²) in [5.41, 5.74) is 5.02. The fraction of sp³-hybridized carbons (Fsp3) is 0.208. The Kier molecular flexibility index (Phi) is 5.01. The van der Waals surface area contributed by atoms with E-state index in [1.165, 1.54) is 17.7 Å². The molecule has 0 saturated heterocycles. The van der Waals surface area contributed by atoms with Crippen molar-refractivity contribution in [2.45, 2.75) is 32.6 Å². The van der Waals surface area contributed by atoms with Crippen LogP contribution in [-0.4, -0.2) is 15.9 Å². The molecule has 0 saturated carbocycles. The first-order valence-electron chi connectivity index (χ1n) is 10.1. The summed E-state index contributed by atoms with van der Waals surface area (Å²) in [5, 5.41) is 5.12. The van der Waals surface area contributed by atoms with Gasteiger partial charge in [-0.1, -0.05) is 48.0 Å². The molecule has 4 aromatic rings. The Bertz CT molecular complexity index is 1240. The summed E-state index contributed by atoms with van der Waals surface area (Å²) in [6.45, 7) is 1.93. The zero-order valence-corrected chi connectivity index (χ0v) is 18.1. The zero-order valence-electron chi connectivity index (χ0n) is 16.5. The van der Waals surface area contributed by atoms with E-state index in [4.69, 9.17) is 16.6 Å². The predicted molar refractivity (Wildman–Crippen MR) is 124 cm³/mol. The summed E-state index contributed by atoms with van der Waals surface area (Å²) >= 11 is 7.95. The van der Waals surface area contributed by atoms with Crippen LogP contribution >= 0.6 is 22.9 Å². The van der Waals surface area contributed by atoms with E-state index in [2.05, 4.69) is 10.3 Å². The SMILES string of the molecule is Cc1c(Cl)ccc2c(C(=O)Nc3nc4c(s3)CCCC4)cc(-c3ccccc3)nc12. The number of amides is 1. The van der Waals surface area contributed by atoms with E-state index in [1.807, 2.05) is 55.5 Å². The lowest BCUT2D eigenvalue weighted by atomic mass is 10.0. The van der Waals surface area contributed by atoms with Crippen LogP contribution in [0.25, 0.3) is 22.2 Å². The number of hydrogen-bond donors (Lipinski definition) is 1. The van der Waals surface area contributed by atoms with Crippen molar-refractivity contribution in [1.29, 1.82) is 0 Å². The number of hydrogen-bond acceptors (Lipinski definition) is 4. The quantitative estimate of drug-likeness (QED) is 0.403. The number of carbonyl (C=O) groups is 1. The molecule has 30 heavy (non-hydrogen) atoms. The molecule has 4 nitrogen and oxygen atoms in total. The molecule has 1 aliphatic rings. The second kappa shape index (κ2) is 7.82. The Labute approximate surface area is 184 Å². The summed E-state index contributed by atoms with van der Waals surface area (Å²) in [7, 11) is 0. The van der Waals surface area contributed by atoms with Gasteiger partial charge in [0.2, 0.25) is 0 Å². The molecule has 0 aliphatic heterocycles. The highest BCUT2D eigenvalue weighted by Gasteiger charge is 2.20. The van der Waals surface area contributed by atoms with Crippen molar-refractivity contribution in [1.82, 2.24) is 9.97 Å². The van der Waals surface area contributed by atoms with Gasteiger partial charge in [0.05, 0.1) is 22.5 Å². The van der Waals surface area contributed by atoms with Crippen molar-refractivity contribution in [3.8, 4) is 11.3 Å². The highest BCUT2D eigenvalue weighted by molar-refractivity contribution is 7.15. The Morgan fingerprint density at radius 1 is 1.07 bits per heavy atom. The number of nitrogens with zero attached hydrogens (tertiary/aromatic N) is 2. The van der Waals surface area contributed by atoms with Gasteiger partial charge in [-0.3, -0.25) is 10.1 Å². The number of benzene rings is 2. The van der Waals surface area contributed by atoms with Gasteiger partial charge >= 0.3 is 0 Å². The van der Waals surface area contributed by atoms with Gasteiger partial charge in [-0.15, -0.1) is 11.3 Å². The van der Waals surface area contributed by atoms with Gasteiger partial charge < -0.3 is 0 Å². The van der Waals surface area contributed by atoms with Gasteiger partial charge in [-0.05, 0) is 50.3 Å². The number of rotatable bonds is 3. The molecule has 1 N–H and O–H groups in total. The van der Waals surface area contributed by atoms with Gasteiger partial charge in [-0.25, -0.2) is 9.97 Å². The maximum Gasteiger partial charge on any atom is 0.258 e. The lowest BCUT2D eigenvalue weighted by molar-refractivity contribution is 0.102. The average molecular weight is 434 g/mol. The van der Waals surface area contributed by atoms with Crippen molar-refractivity contribution in [2.75, 3.05) is 5.32 Å². The van der Waals surface area contributed by atoms with Gasteiger partial charge in [0.15, 0.2) is 5.13 Å². The van der Waals surface area contributed by atoms with Crippen molar-refractivity contribution in [2.24, 2.45) is 0 Å². The number of aromatic nitrogens is 2. The van der Waals surface area contributed by atoms with Crippen LogP contribution in [0.5, 0.6) is 0 Å². The Morgan fingerprint density at radius 2 is 1.87 bits per heavy atom. The minimum atomic E-state index is -0.174. The van der Waals surface area contributed by atoms with Gasteiger partial charge in [0, 0.05) is 20.8 Å². The molecular formula is C24H20ClN3OS. The van der Waals surface area contributed by atoms with Crippen LogP contribution in [-0.2, 0) is 12.8 Å². The van der Waals surface area contributed by atoms with Crippen molar-refractivity contribution in [3.63, 3.8) is 0 Å². The van der Waals surface area contributed by atoms with E-state index < -0.39 is 0 Å². The zero-order chi connectivity index (χ0) is 20.7. The number of fused-ring (bicyclic) bond motifs is 2. The van der Waals surface area contributed by atoms with Crippen molar-refractivity contribution in [3.05, 3.63) is 75.3 Å². The van der Waals surface area contributed by atoms with Gasteiger partial charge in [0.25, 0.3) is 5.91 Å². The minimum absolute atomic E-state index is 0.174. The largest absolute Gasteiger partial charge is 0.298 e. The molecule has 0 atom stereocenters. The van der Waals surface area contributed by atoms with Crippen LogP contribution in [0.1, 0.15) is 39.3 Å². The number of nitrogens with one attached hydrogen (secondary N) is 1. The van der Waals surface area contributed by atoms with E-state index >= 15 is 0 Å².